The Morgan fingerprint density at radius 2 is 2.29 bits per heavy atom. The van der Waals surface area contributed by atoms with E-state index in [1.54, 1.807) is 23.7 Å². The molecule has 5 nitrogen and oxygen atoms in total. The second-order valence-corrected chi connectivity index (χ2v) is 4.47. The first-order valence-corrected chi connectivity index (χ1v) is 5.12. The van der Waals surface area contributed by atoms with E-state index in [4.69, 9.17) is 0 Å². The molecule has 1 heterocycles. The van der Waals surface area contributed by atoms with Gasteiger partial charge in [-0.15, -0.1) is 0 Å². The van der Waals surface area contributed by atoms with Gasteiger partial charge in [-0.1, -0.05) is 11.8 Å². The van der Waals surface area contributed by atoms with E-state index in [9.17, 15) is 4.79 Å². The Bertz CT molecular complexity index is 323. The van der Waals surface area contributed by atoms with Gasteiger partial charge in [0.05, 0.1) is 5.25 Å². The number of thioether (sulfide) groups is 1. The van der Waals surface area contributed by atoms with Crippen LogP contribution in [0.2, 0.25) is 0 Å². The van der Waals surface area contributed by atoms with Crippen LogP contribution in [0.25, 0.3) is 0 Å². The van der Waals surface area contributed by atoms with Crippen LogP contribution in [0.15, 0.2) is 11.5 Å². The molecule has 1 aromatic rings. The molecule has 1 amide bonds. The van der Waals surface area contributed by atoms with Gasteiger partial charge >= 0.3 is 0 Å². The number of amides is 1. The highest BCUT2D eigenvalue weighted by atomic mass is 32.2. The van der Waals surface area contributed by atoms with Crippen LogP contribution in [-0.4, -0.2) is 44.9 Å². The topological polar surface area (TPSA) is 51.0 Å². The fraction of sp³-hybridized carbons (Fsp3) is 0.625. The van der Waals surface area contributed by atoms with Gasteiger partial charge in [0.1, 0.15) is 6.33 Å². The van der Waals surface area contributed by atoms with E-state index in [-0.39, 0.29) is 11.2 Å². The molecule has 0 N–H and O–H groups in total. The predicted molar refractivity (Wildman–Crippen MR) is 55.0 cm³/mol. The van der Waals surface area contributed by atoms with Gasteiger partial charge in [-0.2, -0.15) is 5.10 Å². The summed E-state index contributed by atoms with van der Waals surface area (Å²) in [5.74, 6) is 0.0815. The molecule has 14 heavy (non-hydrogen) atoms. The lowest BCUT2D eigenvalue weighted by Crippen LogP contribution is -2.29. The van der Waals surface area contributed by atoms with E-state index in [0.29, 0.717) is 0 Å². The standard InChI is InChI=1S/C8H14N4OS/c1-6(7(13)11(2)3)14-8-9-5-10-12(8)4/h5-6H,1-4H3/t6-/m0/s1. The predicted octanol–water partition coefficient (Wildman–Crippen LogP) is 0.384. The lowest BCUT2D eigenvalue weighted by atomic mass is 10.4. The molecule has 1 rings (SSSR count). The van der Waals surface area contributed by atoms with E-state index >= 15 is 0 Å². The summed E-state index contributed by atoms with van der Waals surface area (Å²) in [6, 6.07) is 0. The fourth-order valence-corrected chi connectivity index (χ4v) is 1.90. The maximum absolute atomic E-state index is 11.5. The molecule has 0 saturated carbocycles. The van der Waals surface area contributed by atoms with Crippen LogP contribution in [0.3, 0.4) is 0 Å². The second kappa shape index (κ2) is 4.45. The zero-order valence-electron chi connectivity index (χ0n) is 8.76. The third-order valence-corrected chi connectivity index (χ3v) is 2.88. The molecule has 0 unspecified atom stereocenters. The van der Waals surface area contributed by atoms with Crippen LogP contribution in [0.1, 0.15) is 6.92 Å². The van der Waals surface area contributed by atoms with Crippen LogP contribution in [0.5, 0.6) is 0 Å². The molecule has 1 aromatic heterocycles. The summed E-state index contributed by atoms with van der Waals surface area (Å²) in [6.45, 7) is 1.86. The maximum atomic E-state index is 11.5. The highest BCUT2D eigenvalue weighted by Gasteiger charge is 2.18. The van der Waals surface area contributed by atoms with E-state index in [1.165, 1.54) is 18.1 Å². The van der Waals surface area contributed by atoms with Crippen LogP contribution in [-0.2, 0) is 11.8 Å². The Labute approximate surface area is 87.5 Å². The van der Waals surface area contributed by atoms with Crippen molar-refractivity contribution in [2.45, 2.75) is 17.3 Å². The molecule has 0 aliphatic carbocycles. The van der Waals surface area contributed by atoms with E-state index in [1.807, 2.05) is 14.0 Å². The van der Waals surface area contributed by atoms with Crippen LogP contribution in [0, 0.1) is 0 Å². The number of aromatic nitrogens is 3. The van der Waals surface area contributed by atoms with Gasteiger partial charge in [-0.05, 0) is 6.92 Å². The Morgan fingerprint density at radius 3 is 2.71 bits per heavy atom. The molecule has 0 radical (unpaired) electrons. The molecule has 0 aromatic carbocycles. The first-order chi connectivity index (χ1) is 6.52. The molecule has 0 spiro atoms. The molecule has 0 fully saturated rings. The van der Waals surface area contributed by atoms with E-state index in [2.05, 4.69) is 10.1 Å². The van der Waals surface area contributed by atoms with Crippen molar-refractivity contribution in [2.75, 3.05) is 14.1 Å². The van der Waals surface area contributed by atoms with E-state index < -0.39 is 0 Å². The van der Waals surface area contributed by atoms with Crippen LogP contribution < -0.4 is 0 Å². The highest BCUT2D eigenvalue weighted by Crippen LogP contribution is 2.20. The minimum Gasteiger partial charge on any atom is -0.348 e. The minimum absolute atomic E-state index is 0.0815. The van der Waals surface area contributed by atoms with Crippen molar-refractivity contribution in [1.82, 2.24) is 19.7 Å². The zero-order valence-corrected chi connectivity index (χ0v) is 9.58. The lowest BCUT2D eigenvalue weighted by molar-refractivity contribution is -0.127. The molecular formula is C8H14N4OS. The Morgan fingerprint density at radius 1 is 1.64 bits per heavy atom. The Hall–Kier alpha value is -1.04. The summed E-state index contributed by atoms with van der Waals surface area (Å²) >= 11 is 1.41. The van der Waals surface area contributed by atoms with E-state index in [0.717, 1.165) is 5.16 Å². The fourth-order valence-electron chi connectivity index (χ4n) is 0.964. The van der Waals surface area contributed by atoms with Gasteiger partial charge in [-0.3, -0.25) is 4.79 Å². The average Bonchev–Trinajstić information content (AvgIpc) is 2.50. The third kappa shape index (κ3) is 2.47. The van der Waals surface area contributed by atoms with Crippen molar-refractivity contribution < 1.29 is 4.79 Å². The van der Waals surface area contributed by atoms with Crippen molar-refractivity contribution in [3.63, 3.8) is 0 Å². The first-order valence-electron chi connectivity index (χ1n) is 4.24. The largest absolute Gasteiger partial charge is 0.348 e. The number of nitrogens with zero attached hydrogens (tertiary/aromatic N) is 4. The molecule has 0 aliphatic heterocycles. The summed E-state index contributed by atoms with van der Waals surface area (Å²) in [7, 11) is 5.30. The lowest BCUT2D eigenvalue weighted by Gasteiger charge is -2.15. The van der Waals surface area contributed by atoms with Crippen molar-refractivity contribution in [2.24, 2.45) is 7.05 Å². The zero-order chi connectivity index (χ0) is 10.7. The van der Waals surface area contributed by atoms with Crippen molar-refractivity contribution >= 4 is 17.7 Å². The van der Waals surface area contributed by atoms with Gasteiger partial charge in [0.2, 0.25) is 5.91 Å². The third-order valence-electron chi connectivity index (χ3n) is 1.74. The molecule has 1 atom stereocenters. The number of hydrogen-bond donors (Lipinski definition) is 0. The normalized spacial score (nSPS) is 12.6. The summed E-state index contributed by atoms with van der Waals surface area (Å²) in [4.78, 5) is 17.1. The number of carbonyl (C=O) groups is 1. The number of hydrogen-bond acceptors (Lipinski definition) is 4. The second-order valence-electron chi connectivity index (χ2n) is 3.16. The Balaban J connectivity index is 2.62. The number of aryl methyl sites for hydroxylation is 1. The summed E-state index contributed by atoms with van der Waals surface area (Å²) in [5.41, 5.74) is 0. The van der Waals surface area contributed by atoms with Crippen molar-refractivity contribution in [3.8, 4) is 0 Å². The summed E-state index contributed by atoms with van der Waals surface area (Å²) in [6.07, 6.45) is 1.48. The number of carbonyl (C=O) groups excluding carboxylic acids is 1. The monoisotopic (exact) mass is 214 g/mol. The van der Waals surface area contributed by atoms with Gasteiger partial charge in [0.15, 0.2) is 5.16 Å². The highest BCUT2D eigenvalue weighted by molar-refractivity contribution is 8.00. The quantitative estimate of drug-likeness (QED) is 0.683. The van der Waals surface area contributed by atoms with Crippen LogP contribution in [0.4, 0.5) is 0 Å². The summed E-state index contributed by atoms with van der Waals surface area (Å²) in [5, 5.41) is 4.56. The molecule has 6 heteroatoms. The van der Waals surface area contributed by atoms with Gasteiger partial charge in [0, 0.05) is 21.1 Å². The van der Waals surface area contributed by atoms with Gasteiger partial charge in [0.25, 0.3) is 0 Å². The maximum Gasteiger partial charge on any atom is 0.235 e. The molecular weight excluding hydrogens is 200 g/mol. The van der Waals surface area contributed by atoms with Crippen LogP contribution >= 0.6 is 11.8 Å². The molecule has 0 bridgehead atoms. The molecule has 0 saturated heterocycles. The smallest absolute Gasteiger partial charge is 0.235 e. The summed E-state index contributed by atoms with van der Waals surface area (Å²) < 4.78 is 1.66. The average molecular weight is 214 g/mol. The van der Waals surface area contributed by atoms with Gasteiger partial charge in [-0.25, -0.2) is 9.67 Å². The number of rotatable bonds is 3. The molecule has 78 valence electrons. The van der Waals surface area contributed by atoms with Crippen molar-refractivity contribution in [3.05, 3.63) is 6.33 Å². The van der Waals surface area contributed by atoms with Gasteiger partial charge < -0.3 is 4.90 Å². The molecule has 0 aliphatic rings. The SMILES string of the molecule is C[C@H](Sc1ncnn1C)C(=O)N(C)C. The minimum atomic E-state index is -0.132. The Kier molecular flexibility index (Phi) is 3.51. The first kappa shape index (κ1) is 11.0. The van der Waals surface area contributed by atoms with Crippen molar-refractivity contribution in [1.29, 1.82) is 0 Å².